The Balaban J connectivity index is 1.24. The van der Waals surface area contributed by atoms with Crippen molar-refractivity contribution < 1.29 is 9.53 Å². The number of fused-ring (bicyclic) bond motifs is 1. The molecule has 0 radical (unpaired) electrons. The van der Waals surface area contributed by atoms with Crippen molar-refractivity contribution in [3.05, 3.63) is 71.9 Å². The Morgan fingerprint density at radius 1 is 1.13 bits per heavy atom. The lowest BCUT2D eigenvalue weighted by atomic mass is 9.89. The number of aromatic nitrogens is 5. The van der Waals surface area contributed by atoms with Crippen LogP contribution in [0.1, 0.15) is 53.3 Å². The van der Waals surface area contributed by atoms with Gasteiger partial charge in [0.15, 0.2) is 5.78 Å². The first-order chi connectivity index (χ1) is 19.0. The molecule has 0 saturated carbocycles. The van der Waals surface area contributed by atoms with Gasteiger partial charge >= 0.3 is 0 Å². The highest BCUT2D eigenvalue weighted by Crippen LogP contribution is 2.33. The second kappa shape index (κ2) is 10.7. The van der Waals surface area contributed by atoms with E-state index in [9.17, 15) is 4.79 Å². The van der Waals surface area contributed by atoms with Crippen molar-refractivity contribution in [3.8, 4) is 0 Å². The van der Waals surface area contributed by atoms with Gasteiger partial charge < -0.3 is 21.1 Å². The molecule has 0 spiro atoms. The van der Waals surface area contributed by atoms with Crippen molar-refractivity contribution in [2.24, 2.45) is 11.7 Å². The van der Waals surface area contributed by atoms with E-state index in [1.807, 2.05) is 29.1 Å². The van der Waals surface area contributed by atoms with Gasteiger partial charge in [0.25, 0.3) is 0 Å². The number of Topliss-reactive ketones (excluding diaryl/α,β-unsaturated/α-hetero) is 1. The first-order valence-corrected chi connectivity index (χ1v) is 13.6. The fourth-order valence-electron chi connectivity index (χ4n) is 6.17. The lowest BCUT2D eigenvalue weighted by Gasteiger charge is -2.42. The summed E-state index contributed by atoms with van der Waals surface area (Å²) in [7, 11) is 0. The van der Waals surface area contributed by atoms with Crippen molar-refractivity contribution in [2.45, 2.75) is 44.2 Å². The molecule has 39 heavy (non-hydrogen) atoms. The van der Waals surface area contributed by atoms with Crippen LogP contribution in [0.4, 0.5) is 11.4 Å². The number of hydrogen-bond acceptors (Lipinski definition) is 9. The predicted octanol–water partition coefficient (Wildman–Crippen LogP) is 3.15. The first-order valence-electron chi connectivity index (χ1n) is 13.6. The van der Waals surface area contributed by atoms with Crippen LogP contribution < -0.4 is 16.4 Å². The number of nitrogens with zero attached hydrogens (tertiary/aromatic N) is 6. The van der Waals surface area contributed by atoms with Crippen molar-refractivity contribution in [3.63, 3.8) is 0 Å². The number of carbonyl (C=O) groups is 1. The Morgan fingerprint density at radius 2 is 1.97 bits per heavy atom. The SMILES string of the molecule is C[C@H]1CN(c2ccncc2CC(=O)c2nc3cc(C4CCOCC4)ccc3cc2N)C[C@@H](N)[C@H]1n1ccnn1. The third kappa shape index (κ3) is 5.09. The molecule has 10 heteroatoms. The molecule has 0 unspecified atom stereocenters. The molecule has 2 aliphatic heterocycles. The summed E-state index contributed by atoms with van der Waals surface area (Å²) in [6.45, 7) is 5.12. The lowest BCUT2D eigenvalue weighted by molar-refractivity contribution is 0.0853. The normalized spacial score (nSPS) is 22.3. The zero-order chi connectivity index (χ0) is 26.9. The Bertz CT molecular complexity index is 1460. The molecule has 6 rings (SSSR count). The molecule has 0 amide bonds. The average Bonchev–Trinajstić information content (AvgIpc) is 3.47. The van der Waals surface area contributed by atoms with E-state index in [1.165, 1.54) is 5.56 Å². The number of pyridine rings is 2. The zero-order valence-electron chi connectivity index (χ0n) is 22.1. The Morgan fingerprint density at radius 3 is 2.74 bits per heavy atom. The van der Waals surface area contributed by atoms with Gasteiger partial charge in [0.1, 0.15) is 5.69 Å². The van der Waals surface area contributed by atoms with Gasteiger partial charge in [-0.2, -0.15) is 0 Å². The van der Waals surface area contributed by atoms with Crippen LogP contribution in [-0.2, 0) is 11.2 Å². The molecule has 3 aromatic heterocycles. The van der Waals surface area contributed by atoms with E-state index in [0.29, 0.717) is 23.8 Å². The largest absolute Gasteiger partial charge is 0.397 e. The van der Waals surface area contributed by atoms with Crippen molar-refractivity contribution in [1.82, 2.24) is 25.0 Å². The van der Waals surface area contributed by atoms with Crippen LogP contribution in [0.3, 0.4) is 0 Å². The first kappa shape index (κ1) is 25.4. The van der Waals surface area contributed by atoms with Gasteiger partial charge in [-0.1, -0.05) is 24.3 Å². The quantitative estimate of drug-likeness (QED) is 0.363. The van der Waals surface area contributed by atoms with Crippen LogP contribution in [0.25, 0.3) is 10.9 Å². The molecule has 4 aromatic rings. The van der Waals surface area contributed by atoms with E-state index in [4.69, 9.17) is 21.2 Å². The maximum absolute atomic E-state index is 13.6. The monoisotopic (exact) mass is 526 g/mol. The minimum Gasteiger partial charge on any atom is -0.397 e. The maximum atomic E-state index is 13.6. The molecule has 0 aliphatic carbocycles. The average molecular weight is 527 g/mol. The van der Waals surface area contributed by atoms with E-state index in [-0.39, 0.29) is 30.2 Å². The molecule has 1 aromatic carbocycles. The number of piperidine rings is 1. The van der Waals surface area contributed by atoms with Gasteiger partial charge in [0.05, 0.1) is 23.4 Å². The fraction of sp³-hybridized carbons (Fsp3) is 0.414. The van der Waals surface area contributed by atoms with Crippen LogP contribution in [0, 0.1) is 5.92 Å². The highest BCUT2D eigenvalue weighted by molar-refractivity contribution is 6.03. The Kier molecular flexibility index (Phi) is 6.97. The second-order valence-electron chi connectivity index (χ2n) is 10.8. The van der Waals surface area contributed by atoms with Crippen LogP contribution in [-0.4, -0.2) is 63.1 Å². The van der Waals surface area contributed by atoms with Gasteiger partial charge in [-0.05, 0) is 48.4 Å². The molecule has 5 heterocycles. The minimum atomic E-state index is -0.144. The number of carbonyl (C=O) groups excluding carboxylic acids is 1. The smallest absolute Gasteiger partial charge is 0.187 e. The third-order valence-electron chi connectivity index (χ3n) is 8.11. The zero-order valence-corrected chi connectivity index (χ0v) is 22.1. The van der Waals surface area contributed by atoms with Gasteiger partial charge in [-0.15, -0.1) is 5.10 Å². The number of anilines is 2. The van der Waals surface area contributed by atoms with Crippen molar-refractivity contribution >= 4 is 28.1 Å². The fourth-order valence-corrected chi connectivity index (χ4v) is 6.17. The van der Waals surface area contributed by atoms with Crippen LogP contribution >= 0.6 is 0 Å². The Hall–Kier alpha value is -3.89. The van der Waals surface area contributed by atoms with Gasteiger partial charge in [0, 0.05) is 74.0 Å². The van der Waals surface area contributed by atoms with Crippen LogP contribution in [0.5, 0.6) is 0 Å². The summed E-state index contributed by atoms with van der Waals surface area (Å²) in [5.41, 5.74) is 17.5. The third-order valence-corrected chi connectivity index (χ3v) is 8.11. The van der Waals surface area contributed by atoms with E-state index in [1.54, 1.807) is 18.6 Å². The molecular weight excluding hydrogens is 492 g/mol. The molecule has 4 N–H and O–H groups in total. The molecule has 3 atom stereocenters. The van der Waals surface area contributed by atoms with E-state index < -0.39 is 0 Å². The van der Waals surface area contributed by atoms with Gasteiger partial charge in [-0.3, -0.25) is 9.78 Å². The Labute approximate surface area is 227 Å². The van der Waals surface area contributed by atoms with E-state index in [2.05, 4.69) is 39.3 Å². The predicted molar refractivity (Wildman–Crippen MR) is 150 cm³/mol. The molecule has 202 valence electrons. The molecule has 2 fully saturated rings. The number of benzene rings is 1. The molecule has 2 saturated heterocycles. The van der Waals surface area contributed by atoms with Crippen molar-refractivity contribution in [1.29, 1.82) is 0 Å². The molecule has 2 aliphatic rings. The summed E-state index contributed by atoms with van der Waals surface area (Å²) in [4.78, 5) is 24.9. The number of ketones is 1. The number of nitrogen functional groups attached to an aromatic ring is 1. The van der Waals surface area contributed by atoms with E-state index >= 15 is 0 Å². The summed E-state index contributed by atoms with van der Waals surface area (Å²) >= 11 is 0. The number of nitrogens with two attached hydrogens (primary N) is 2. The van der Waals surface area contributed by atoms with Gasteiger partial charge in [-0.25, -0.2) is 9.67 Å². The number of ether oxygens (including phenoxy) is 1. The standard InChI is InChI=1S/C29H34N8O2/c1-18-16-36(17-24(31)29(18)37-9-8-33-35-37)26-4-7-32-15-22(26)14-27(38)28-23(30)12-21-3-2-20(13-25(21)34-28)19-5-10-39-11-6-19/h2-4,7-9,12-13,15,18-19,24,29H,5-6,10-11,14,16-17,30-31H2,1H3/t18-,24+,29-/m0/s1. The number of hydrogen-bond donors (Lipinski definition) is 2. The summed E-state index contributed by atoms with van der Waals surface area (Å²) in [5, 5.41) is 9.06. The summed E-state index contributed by atoms with van der Waals surface area (Å²) < 4.78 is 7.37. The summed E-state index contributed by atoms with van der Waals surface area (Å²) in [5.74, 6) is 0.548. The number of rotatable bonds is 6. The topological polar surface area (TPSA) is 138 Å². The summed E-state index contributed by atoms with van der Waals surface area (Å²) in [6, 6.07) is 10.0. The van der Waals surface area contributed by atoms with Gasteiger partial charge in [0.2, 0.25) is 0 Å². The van der Waals surface area contributed by atoms with E-state index in [0.717, 1.165) is 54.8 Å². The minimum absolute atomic E-state index is 0.0586. The summed E-state index contributed by atoms with van der Waals surface area (Å²) in [6.07, 6.45) is 9.19. The highest BCUT2D eigenvalue weighted by atomic mass is 16.5. The molecular formula is C29H34N8O2. The van der Waals surface area contributed by atoms with Crippen LogP contribution in [0.15, 0.2) is 55.1 Å². The van der Waals surface area contributed by atoms with Crippen LogP contribution in [0.2, 0.25) is 0 Å². The van der Waals surface area contributed by atoms with Crippen molar-refractivity contribution in [2.75, 3.05) is 36.9 Å². The second-order valence-corrected chi connectivity index (χ2v) is 10.8. The lowest BCUT2D eigenvalue weighted by Crippen LogP contribution is -2.53. The molecule has 0 bridgehead atoms. The molecule has 10 nitrogen and oxygen atoms in total. The maximum Gasteiger partial charge on any atom is 0.187 e. The highest BCUT2D eigenvalue weighted by Gasteiger charge is 2.35.